The molecule has 1 aromatic carbocycles. The number of rotatable bonds is 4. The van der Waals surface area contributed by atoms with E-state index in [1.807, 2.05) is 0 Å². The Morgan fingerprint density at radius 1 is 0.871 bits per heavy atom. The van der Waals surface area contributed by atoms with E-state index in [1.54, 1.807) is 59.7 Å². The van der Waals surface area contributed by atoms with E-state index in [0.717, 1.165) is 0 Å². The van der Waals surface area contributed by atoms with Crippen LogP contribution in [0.2, 0.25) is 0 Å². The lowest BCUT2D eigenvalue weighted by atomic mass is 10.0. The van der Waals surface area contributed by atoms with Crippen LogP contribution in [0.25, 0.3) is 0 Å². The lowest BCUT2D eigenvalue weighted by molar-refractivity contribution is 0.0447. The summed E-state index contributed by atoms with van der Waals surface area (Å²) in [6, 6.07) is 6.93. The summed E-state index contributed by atoms with van der Waals surface area (Å²) in [6.07, 6.45) is -0.959. The van der Waals surface area contributed by atoms with E-state index in [0.29, 0.717) is 6.42 Å². The van der Waals surface area contributed by atoms with Crippen LogP contribution in [0.5, 0.6) is 0 Å². The molecule has 31 heavy (non-hydrogen) atoms. The van der Waals surface area contributed by atoms with Crippen LogP contribution in [0.1, 0.15) is 48.0 Å². The van der Waals surface area contributed by atoms with Gasteiger partial charge in [0.1, 0.15) is 11.2 Å². The first-order chi connectivity index (χ1) is 14.2. The molecule has 0 unspecified atom stereocenters. The quantitative estimate of drug-likeness (QED) is 0.722. The van der Waals surface area contributed by atoms with Gasteiger partial charge in [0.15, 0.2) is 0 Å². The summed E-state index contributed by atoms with van der Waals surface area (Å²) in [4.78, 5) is 24.7. The van der Waals surface area contributed by atoms with Crippen molar-refractivity contribution in [2.45, 2.75) is 76.1 Å². The highest BCUT2D eigenvalue weighted by Gasteiger charge is 2.37. The maximum Gasteiger partial charge on any atom is 0.407 e. The zero-order valence-corrected chi connectivity index (χ0v) is 19.8. The smallest absolute Gasteiger partial charge is 0.407 e. The van der Waals surface area contributed by atoms with Crippen LogP contribution >= 0.6 is 0 Å². The predicted molar refractivity (Wildman–Crippen MR) is 116 cm³/mol. The summed E-state index contributed by atoms with van der Waals surface area (Å²) >= 11 is 0. The normalized spacial score (nSPS) is 20.6. The van der Waals surface area contributed by atoms with Crippen molar-refractivity contribution in [2.24, 2.45) is 0 Å². The molecule has 1 saturated heterocycles. The third-order valence-electron chi connectivity index (χ3n) is 4.24. The summed E-state index contributed by atoms with van der Waals surface area (Å²) in [7, 11) is -3.82. The van der Waals surface area contributed by atoms with Gasteiger partial charge < -0.3 is 20.1 Å². The van der Waals surface area contributed by atoms with Crippen molar-refractivity contribution in [1.29, 1.82) is 0 Å². The number of ether oxygens (including phenoxy) is 2. The van der Waals surface area contributed by atoms with E-state index in [9.17, 15) is 18.0 Å². The number of carbonyl (C=O) groups is 2. The van der Waals surface area contributed by atoms with Gasteiger partial charge in [-0.2, -0.15) is 4.31 Å². The van der Waals surface area contributed by atoms with Crippen LogP contribution in [0.3, 0.4) is 0 Å². The summed E-state index contributed by atoms with van der Waals surface area (Å²) in [6.45, 7) is 10.6. The Bertz CT molecular complexity index is 837. The average molecular weight is 456 g/mol. The molecule has 1 aliphatic heterocycles. The van der Waals surface area contributed by atoms with Crippen LogP contribution in [-0.2, 0) is 19.5 Å². The van der Waals surface area contributed by atoms with Gasteiger partial charge in [0, 0.05) is 25.2 Å². The molecular weight excluding hydrogens is 422 g/mol. The molecule has 1 heterocycles. The van der Waals surface area contributed by atoms with Crippen LogP contribution in [-0.4, -0.2) is 61.3 Å². The third kappa shape index (κ3) is 8.02. The van der Waals surface area contributed by atoms with Crippen molar-refractivity contribution in [1.82, 2.24) is 14.9 Å². The molecule has 2 rings (SSSR count). The number of amides is 2. The summed E-state index contributed by atoms with van der Waals surface area (Å²) in [5.74, 6) is 0. The molecule has 174 valence electrons. The minimum Gasteiger partial charge on any atom is -0.444 e. The lowest BCUT2D eigenvalue weighted by Crippen LogP contribution is -2.58. The largest absolute Gasteiger partial charge is 0.444 e. The van der Waals surface area contributed by atoms with Gasteiger partial charge in [-0.25, -0.2) is 18.0 Å². The van der Waals surface area contributed by atoms with Crippen molar-refractivity contribution >= 4 is 22.2 Å². The van der Waals surface area contributed by atoms with Gasteiger partial charge in [-0.3, -0.25) is 0 Å². The van der Waals surface area contributed by atoms with Crippen LogP contribution in [0.15, 0.2) is 35.2 Å². The Morgan fingerprint density at radius 3 is 1.68 bits per heavy atom. The zero-order chi connectivity index (χ0) is 23.4. The van der Waals surface area contributed by atoms with Crippen molar-refractivity contribution < 1.29 is 27.5 Å². The first-order valence-electron chi connectivity index (χ1n) is 10.2. The topological polar surface area (TPSA) is 114 Å². The monoisotopic (exact) mass is 455 g/mol. The number of nitrogens with zero attached hydrogens (tertiary/aromatic N) is 1. The van der Waals surface area contributed by atoms with Gasteiger partial charge in [-0.1, -0.05) is 18.2 Å². The molecule has 2 N–H and O–H groups in total. The number of hydrogen-bond acceptors (Lipinski definition) is 6. The Morgan fingerprint density at radius 2 is 1.29 bits per heavy atom. The molecule has 0 aliphatic carbocycles. The zero-order valence-electron chi connectivity index (χ0n) is 19.0. The summed E-state index contributed by atoms with van der Waals surface area (Å²) in [5.41, 5.74) is -1.38. The molecule has 9 nitrogen and oxygen atoms in total. The average Bonchev–Trinajstić information content (AvgIpc) is 2.58. The predicted octanol–water partition coefficient (Wildman–Crippen LogP) is 2.87. The lowest BCUT2D eigenvalue weighted by Gasteiger charge is -2.37. The van der Waals surface area contributed by atoms with Crippen LogP contribution in [0.4, 0.5) is 9.59 Å². The van der Waals surface area contributed by atoms with Crippen molar-refractivity contribution in [3.63, 3.8) is 0 Å². The first kappa shape index (κ1) is 24.9. The van der Waals surface area contributed by atoms with Gasteiger partial charge in [0.2, 0.25) is 10.0 Å². The van der Waals surface area contributed by atoms with Gasteiger partial charge in [0.05, 0.1) is 4.90 Å². The SMILES string of the molecule is CC(C)(C)OC(=O)N[C@@H]1C[C@H](NC(=O)OC(C)(C)C)CN(S(=O)(=O)c2ccccc2)C1. The van der Waals surface area contributed by atoms with E-state index in [-0.39, 0.29) is 18.0 Å². The second kappa shape index (κ2) is 9.44. The number of hydrogen-bond donors (Lipinski definition) is 2. The molecule has 10 heteroatoms. The minimum atomic E-state index is -3.82. The fraction of sp³-hybridized carbons (Fsp3) is 0.619. The highest BCUT2D eigenvalue weighted by molar-refractivity contribution is 7.89. The van der Waals surface area contributed by atoms with E-state index >= 15 is 0 Å². The van der Waals surface area contributed by atoms with E-state index < -0.39 is 45.5 Å². The number of benzene rings is 1. The first-order valence-corrected chi connectivity index (χ1v) is 11.6. The second-order valence-corrected chi connectivity index (χ2v) is 11.5. The van der Waals surface area contributed by atoms with Gasteiger partial charge in [-0.15, -0.1) is 0 Å². The van der Waals surface area contributed by atoms with Crippen molar-refractivity contribution in [2.75, 3.05) is 13.1 Å². The standard InChI is InChI=1S/C21H33N3O6S/c1-20(2,3)29-18(25)22-15-12-16(23-19(26)30-21(4,5)6)14-24(13-15)31(27,28)17-10-8-7-9-11-17/h7-11,15-16H,12-14H2,1-6H3,(H,22,25)(H,23,26)/t15-,16+. The number of piperidine rings is 1. The van der Waals surface area contributed by atoms with E-state index in [1.165, 1.54) is 16.4 Å². The molecule has 2 atom stereocenters. The molecule has 0 saturated carbocycles. The molecule has 1 fully saturated rings. The summed E-state index contributed by atoms with van der Waals surface area (Å²) in [5, 5.41) is 5.44. The maximum atomic E-state index is 13.1. The Labute approximate surface area is 184 Å². The minimum absolute atomic E-state index is 0.0585. The number of alkyl carbamates (subject to hydrolysis) is 2. The van der Waals surface area contributed by atoms with Crippen LogP contribution < -0.4 is 10.6 Å². The molecule has 1 aromatic rings. The highest BCUT2D eigenvalue weighted by Crippen LogP contribution is 2.22. The maximum absolute atomic E-state index is 13.1. The molecular formula is C21H33N3O6S. The third-order valence-corrected chi connectivity index (χ3v) is 6.09. The molecule has 0 radical (unpaired) electrons. The fourth-order valence-electron chi connectivity index (χ4n) is 3.15. The highest BCUT2D eigenvalue weighted by atomic mass is 32.2. The second-order valence-electron chi connectivity index (χ2n) is 9.56. The summed E-state index contributed by atoms with van der Waals surface area (Å²) < 4.78 is 38.1. The Hall–Kier alpha value is -2.33. The molecule has 1 aliphatic rings. The molecule has 0 bridgehead atoms. The fourth-order valence-corrected chi connectivity index (χ4v) is 4.71. The number of nitrogens with one attached hydrogen (secondary N) is 2. The van der Waals surface area contributed by atoms with E-state index in [4.69, 9.17) is 9.47 Å². The number of sulfonamides is 1. The number of carbonyl (C=O) groups excluding carboxylic acids is 2. The van der Waals surface area contributed by atoms with Crippen LogP contribution in [0, 0.1) is 0 Å². The molecule has 2 amide bonds. The Kier molecular flexibility index (Phi) is 7.59. The molecule has 0 aromatic heterocycles. The van der Waals surface area contributed by atoms with Gasteiger partial charge >= 0.3 is 12.2 Å². The van der Waals surface area contributed by atoms with Crippen molar-refractivity contribution in [3.8, 4) is 0 Å². The van der Waals surface area contributed by atoms with E-state index in [2.05, 4.69) is 10.6 Å². The molecule has 0 spiro atoms. The van der Waals surface area contributed by atoms with Gasteiger partial charge in [-0.05, 0) is 60.1 Å². The van der Waals surface area contributed by atoms with Crippen molar-refractivity contribution in [3.05, 3.63) is 30.3 Å². The Balaban J connectivity index is 2.21. The van der Waals surface area contributed by atoms with Gasteiger partial charge in [0.25, 0.3) is 0 Å².